The number of aromatic nitrogens is 1. The lowest BCUT2D eigenvalue weighted by molar-refractivity contribution is -0.122. The quantitative estimate of drug-likeness (QED) is 0.307. The third-order valence-corrected chi connectivity index (χ3v) is 9.80. The van der Waals surface area contributed by atoms with E-state index in [1.165, 1.54) is 33.7 Å². The number of anilines is 2. The highest BCUT2D eigenvalue weighted by Crippen LogP contribution is 2.54. The van der Waals surface area contributed by atoms with Gasteiger partial charge in [-0.1, -0.05) is 69.4 Å². The van der Waals surface area contributed by atoms with Crippen molar-refractivity contribution in [2.24, 2.45) is 5.92 Å². The molecule has 1 N–H and O–H groups in total. The molecule has 4 aromatic rings. The lowest BCUT2D eigenvalue weighted by Gasteiger charge is -2.30. The summed E-state index contributed by atoms with van der Waals surface area (Å²) in [5.41, 5.74) is 1.68. The molecule has 3 atom stereocenters. The molecule has 0 saturated carbocycles. The molecule has 0 bridgehead atoms. The van der Waals surface area contributed by atoms with Crippen LogP contribution in [0.4, 0.5) is 15.8 Å². The van der Waals surface area contributed by atoms with Gasteiger partial charge >= 0.3 is 4.87 Å². The van der Waals surface area contributed by atoms with E-state index < -0.39 is 28.8 Å². The number of fused-ring (bicyclic) bond motifs is 2. The van der Waals surface area contributed by atoms with Crippen molar-refractivity contribution in [3.63, 3.8) is 0 Å². The Bertz CT molecular complexity index is 1670. The minimum absolute atomic E-state index is 0.290. The number of para-hydroxylation sites is 1. The number of amides is 3. The SMILES string of the molecule is O=C(Cn1c2c(sc1=O)[C@@H](c1cccc(Br)c1)[C@@H]1C(=O)N(c3ccccc3)C(=O)[C@@H]1S2)Nc1ccc(F)cc1. The molecule has 11 heteroatoms. The molecule has 2 aliphatic heterocycles. The lowest BCUT2D eigenvalue weighted by Crippen LogP contribution is -2.33. The minimum Gasteiger partial charge on any atom is -0.325 e. The molecule has 0 spiro atoms. The number of carbonyl (C=O) groups is 3. The van der Waals surface area contributed by atoms with Crippen LogP contribution < -0.4 is 15.1 Å². The van der Waals surface area contributed by atoms with E-state index >= 15 is 0 Å². The van der Waals surface area contributed by atoms with Crippen molar-refractivity contribution in [1.82, 2.24) is 4.57 Å². The first-order valence-corrected chi connectivity index (χ1v) is 14.4. The van der Waals surface area contributed by atoms with Gasteiger partial charge in [0.25, 0.3) is 0 Å². The van der Waals surface area contributed by atoms with Crippen LogP contribution in [0.3, 0.4) is 0 Å². The number of benzene rings is 3. The zero-order valence-corrected chi connectivity index (χ0v) is 23.3. The van der Waals surface area contributed by atoms with Crippen LogP contribution in [0.15, 0.2) is 93.2 Å². The molecule has 196 valence electrons. The summed E-state index contributed by atoms with van der Waals surface area (Å²) < 4.78 is 15.4. The van der Waals surface area contributed by atoms with E-state index in [1.54, 1.807) is 24.3 Å². The Kier molecular flexibility index (Phi) is 6.74. The van der Waals surface area contributed by atoms with Crippen LogP contribution in [0.2, 0.25) is 0 Å². The summed E-state index contributed by atoms with van der Waals surface area (Å²) in [7, 11) is 0. The zero-order valence-electron chi connectivity index (χ0n) is 20.0. The standard InChI is InChI=1S/C28H19BrFN3O4S2/c29-16-6-4-5-15(13-16)21-22-23(26(36)33(25(22)35)19-7-2-1-3-8-19)38-27-24(21)39-28(37)32(27)14-20(34)31-18-11-9-17(30)10-12-18/h1-13,21-23H,14H2,(H,31,34)/t21-,22-,23+/m0/s1. The summed E-state index contributed by atoms with van der Waals surface area (Å²) in [6.07, 6.45) is 0. The van der Waals surface area contributed by atoms with Crippen molar-refractivity contribution in [2.45, 2.75) is 22.7 Å². The van der Waals surface area contributed by atoms with E-state index in [-0.39, 0.29) is 23.2 Å². The highest BCUT2D eigenvalue weighted by atomic mass is 79.9. The number of rotatable bonds is 5. The number of nitrogens with zero attached hydrogens (tertiary/aromatic N) is 2. The van der Waals surface area contributed by atoms with Gasteiger partial charge in [0, 0.05) is 21.0 Å². The Balaban J connectivity index is 1.41. The third-order valence-electron chi connectivity index (χ3n) is 6.70. The van der Waals surface area contributed by atoms with Crippen LogP contribution in [0.1, 0.15) is 16.4 Å². The zero-order chi connectivity index (χ0) is 27.3. The molecule has 6 rings (SSSR count). The van der Waals surface area contributed by atoms with Crippen LogP contribution in [-0.2, 0) is 20.9 Å². The molecule has 1 fully saturated rings. The molecule has 0 radical (unpaired) electrons. The van der Waals surface area contributed by atoms with Gasteiger partial charge < -0.3 is 5.32 Å². The first-order chi connectivity index (χ1) is 18.8. The Hall–Kier alpha value is -3.54. The van der Waals surface area contributed by atoms with Crippen LogP contribution in [-0.4, -0.2) is 27.5 Å². The summed E-state index contributed by atoms with van der Waals surface area (Å²) in [5, 5.41) is 2.41. The summed E-state index contributed by atoms with van der Waals surface area (Å²) >= 11 is 5.64. The second kappa shape index (κ2) is 10.2. The van der Waals surface area contributed by atoms with E-state index in [9.17, 15) is 23.6 Å². The molecular formula is C28H19BrFN3O4S2. The van der Waals surface area contributed by atoms with Gasteiger partial charge in [0.05, 0.1) is 16.6 Å². The number of hydrogen-bond donors (Lipinski definition) is 1. The van der Waals surface area contributed by atoms with Crippen LogP contribution in [0.5, 0.6) is 0 Å². The topological polar surface area (TPSA) is 88.5 Å². The molecule has 3 amide bonds. The van der Waals surface area contributed by atoms with Gasteiger partial charge in [-0.05, 0) is 54.1 Å². The molecule has 1 saturated heterocycles. The van der Waals surface area contributed by atoms with Gasteiger partial charge in [-0.25, -0.2) is 9.29 Å². The molecule has 0 aliphatic carbocycles. The molecule has 7 nitrogen and oxygen atoms in total. The number of halogens is 2. The fourth-order valence-corrected chi connectivity index (χ4v) is 8.21. The molecule has 0 unspecified atom stereocenters. The molecule has 3 heterocycles. The van der Waals surface area contributed by atoms with Crippen LogP contribution in [0.25, 0.3) is 0 Å². The summed E-state index contributed by atoms with van der Waals surface area (Å²) in [4.78, 5) is 55.1. The normalized spacial score (nSPS) is 20.1. The molecule has 1 aromatic heterocycles. The second-order valence-corrected chi connectivity index (χ2v) is 12.2. The number of nitrogens with one attached hydrogen (secondary N) is 1. The Labute approximate surface area is 238 Å². The van der Waals surface area contributed by atoms with E-state index in [2.05, 4.69) is 21.2 Å². The highest BCUT2D eigenvalue weighted by molar-refractivity contribution is 9.10. The predicted octanol–water partition coefficient (Wildman–Crippen LogP) is 5.25. The van der Waals surface area contributed by atoms with Crippen molar-refractivity contribution in [2.75, 3.05) is 10.2 Å². The predicted molar refractivity (Wildman–Crippen MR) is 152 cm³/mol. The fourth-order valence-electron chi connectivity index (χ4n) is 5.02. The second-order valence-electron chi connectivity index (χ2n) is 9.12. The fraction of sp³-hybridized carbons (Fsp3) is 0.143. The van der Waals surface area contributed by atoms with Crippen LogP contribution in [0, 0.1) is 11.7 Å². The van der Waals surface area contributed by atoms with Gasteiger partial charge in [0.15, 0.2) is 0 Å². The molecule has 2 aliphatic rings. The number of hydrogen-bond acceptors (Lipinski definition) is 6. The number of carbonyl (C=O) groups excluding carboxylic acids is 3. The maximum absolute atomic E-state index is 13.8. The van der Waals surface area contributed by atoms with Gasteiger partial charge in [-0.15, -0.1) is 0 Å². The van der Waals surface area contributed by atoms with Gasteiger partial charge in [0.2, 0.25) is 17.7 Å². The van der Waals surface area contributed by atoms with Crippen molar-refractivity contribution in [3.8, 4) is 0 Å². The smallest absolute Gasteiger partial charge is 0.308 e. The van der Waals surface area contributed by atoms with Crippen molar-refractivity contribution >= 4 is 68.1 Å². The number of thioether (sulfide) groups is 1. The van der Waals surface area contributed by atoms with E-state index in [0.29, 0.717) is 21.3 Å². The average molecular weight is 625 g/mol. The van der Waals surface area contributed by atoms with Gasteiger partial charge in [-0.3, -0.25) is 23.7 Å². The summed E-state index contributed by atoms with van der Waals surface area (Å²) in [6.45, 7) is -0.290. The van der Waals surface area contributed by atoms with E-state index in [1.807, 2.05) is 30.3 Å². The van der Waals surface area contributed by atoms with E-state index in [0.717, 1.165) is 33.1 Å². The Morgan fingerprint density at radius 2 is 1.69 bits per heavy atom. The van der Waals surface area contributed by atoms with Crippen molar-refractivity contribution in [1.29, 1.82) is 0 Å². The first-order valence-electron chi connectivity index (χ1n) is 12.0. The Morgan fingerprint density at radius 1 is 0.949 bits per heavy atom. The third kappa shape index (κ3) is 4.64. The van der Waals surface area contributed by atoms with Crippen molar-refractivity contribution in [3.05, 3.63) is 109 Å². The van der Waals surface area contributed by atoms with Gasteiger partial charge in [0.1, 0.15) is 17.6 Å². The maximum atomic E-state index is 13.8. The number of imide groups is 1. The Morgan fingerprint density at radius 3 is 2.41 bits per heavy atom. The largest absolute Gasteiger partial charge is 0.325 e. The molecular weight excluding hydrogens is 605 g/mol. The maximum Gasteiger partial charge on any atom is 0.308 e. The molecule has 3 aromatic carbocycles. The van der Waals surface area contributed by atoms with Crippen molar-refractivity contribution < 1.29 is 18.8 Å². The summed E-state index contributed by atoms with van der Waals surface area (Å²) in [5.74, 6) is -2.84. The monoisotopic (exact) mass is 623 g/mol. The summed E-state index contributed by atoms with van der Waals surface area (Å²) in [6, 6.07) is 21.6. The number of thiazole rings is 1. The van der Waals surface area contributed by atoms with Gasteiger partial charge in [-0.2, -0.15) is 0 Å². The minimum atomic E-state index is -0.769. The average Bonchev–Trinajstić information content (AvgIpc) is 3.36. The highest BCUT2D eigenvalue weighted by Gasteiger charge is 2.56. The lowest BCUT2D eigenvalue weighted by atomic mass is 9.83. The van der Waals surface area contributed by atoms with Crippen LogP contribution >= 0.6 is 39.0 Å². The van der Waals surface area contributed by atoms with E-state index in [4.69, 9.17) is 0 Å². The molecule has 39 heavy (non-hydrogen) atoms. The first kappa shape index (κ1) is 25.7.